The van der Waals surface area contributed by atoms with Gasteiger partial charge < -0.3 is 5.32 Å². The molecule has 0 aromatic heterocycles. The fourth-order valence-corrected chi connectivity index (χ4v) is 2.65. The van der Waals surface area contributed by atoms with Crippen LogP contribution in [0.5, 0.6) is 0 Å². The summed E-state index contributed by atoms with van der Waals surface area (Å²) in [6.07, 6.45) is 0.744. The van der Waals surface area contributed by atoms with Gasteiger partial charge in [0.25, 0.3) is 0 Å². The normalized spacial score (nSPS) is 15.9. The molecule has 0 spiro atoms. The molecule has 0 amide bonds. The zero-order valence-corrected chi connectivity index (χ0v) is 9.90. The summed E-state index contributed by atoms with van der Waals surface area (Å²) in [5, 5.41) is 10.4. The van der Waals surface area contributed by atoms with Crippen LogP contribution in [0.15, 0.2) is 0 Å². The molecule has 0 rings (SSSR count). The Hall–Kier alpha value is -0.310. The Balaban J connectivity index is 4.35. The van der Waals surface area contributed by atoms with Crippen molar-refractivity contribution in [3.8, 4) is 6.07 Å². The molecule has 82 valence electrons. The average Bonchev–Trinajstić information content (AvgIpc) is 2.12. The summed E-state index contributed by atoms with van der Waals surface area (Å²) >= 11 is 5.56. The van der Waals surface area contributed by atoms with Crippen molar-refractivity contribution >= 4 is 21.4 Å². The van der Waals surface area contributed by atoms with Gasteiger partial charge in [-0.3, -0.25) is 0 Å². The van der Waals surface area contributed by atoms with Crippen molar-refractivity contribution in [1.29, 1.82) is 5.26 Å². The summed E-state index contributed by atoms with van der Waals surface area (Å²) < 4.78 is 22.3. The Morgan fingerprint density at radius 3 is 2.50 bits per heavy atom. The van der Waals surface area contributed by atoms with E-state index in [0.717, 1.165) is 0 Å². The molecular formula is C8H15ClN2O2S. The van der Waals surface area contributed by atoms with Crippen LogP contribution >= 0.6 is 11.6 Å². The molecule has 6 heteroatoms. The van der Waals surface area contributed by atoms with Gasteiger partial charge in [-0.1, -0.05) is 6.92 Å². The molecule has 0 saturated carbocycles. The number of rotatable bonds is 6. The van der Waals surface area contributed by atoms with Crippen LogP contribution in [0.3, 0.4) is 0 Å². The molecule has 0 heterocycles. The lowest BCUT2D eigenvalue weighted by Crippen LogP contribution is -2.39. The van der Waals surface area contributed by atoms with Crippen molar-refractivity contribution in [2.45, 2.75) is 36.8 Å². The third kappa shape index (κ3) is 3.82. The third-order valence-corrected chi connectivity index (χ3v) is 4.77. The summed E-state index contributed by atoms with van der Waals surface area (Å²) in [7, 11) is -3.32. The average molecular weight is 239 g/mol. The Morgan fingerprint density at radius 1 is 1.57 bits per heavy atom. The van der Waals surface area contributed by atoms with E-state index in [-0.39, 0.29) is 0 Å². The number of hydrogen-bond acceptors (Lipinski definition) is 4. The van der Waals surface area contributed by atoms with Gasteiger partial charge in [0.1, 0.15) is 10.1 Å². The fraction of sp³-hybridized carbons (Fsp3) is 0.875. The van der Waals surface area contributed by atoms with Crippen LogP contribution in [0.4, 0.5) is 0 Å². The van der Waals surface area contributed by atoms with Gasteiger partial charge in [0.05, 0.1) is 6.07 Å². The first kappa shape index (κ1) is 13.7. The second-order valence-electron chi connectivity index (χ2n) is 2.89. The zero-order valence-electron chi connectivity index (χ0n) is 8.33. The maximum atomic E-state index is 11.6. The molecule has 0 saturated heterocycles. The van der Waals surface area contributed by atoms with Crippen LogP contribution in [-0.4, -0.2) is 25.0 Å². The molecule has 0 aliphatic carbocycles. The molecule has 2 atom stereocenters. The van der Waals surface area contributed by atoms with E-state index in [0.29, 0.717) is 19.4 Å². The molecule has 0 aromatic rings. The Kier molecular flexibility index (Phi) is 6.09. The second-order valence-corrected chi connectivity index (χ2v) is 6.26. The fourth-order valence-electron chi connectivity index (χ4n) is 1.01. The largest absolute Gasteiger partial charge is 0.300 e. The van der Waals surface area contributed by atoms with Crippen molar-refractivity contribution in [3.05, 3.63) is 0 Å². The van der Waals surface area contributed by atoms with Crippen molar-refractivity contribution < 1.29 is 8.42 Å². The summed E-state index contributed by atoms with van der Waals surface area (Å²) in [6.45, 7) is 3.57. The smallest absolute Gasteiger partial charge is 0.182 e. The van der Waals surface area contributed by atoms with E-state index in [9.17, 15) is 8.42 Å². The highest BCUT2D eigenvalue weighted by Crippen LogP contribution is 2.13. The number of nitriles is 1. The quantitative estimate of drug-likeness (QED) is 0.558. The Bertz CT molecular complexity index is 295. The lowest BCUT2D eigenvalue weighted by molar-refractivity contribution is 0.541. The van der Waals surface area contributed by atoms with Crippen molar-refractivity contribution in [2.75, 3.05) is 6.54 Å². The molecule has 4 nitrogen and oxygen atoms in total. The monoisotopic (exact) mass is 238 g/mol. The number of nitrogens with one attached hydrogen (secondary N) is 1. The highest BCUT2D eigenvalue weighted by molar-refractivity contribution is 7.93. The van der Waals surface area contributed by atoms with Crippen molar-refractivity contribution in [2.24, 2.45) is 0 Å². The van der Waals surface area contributed by atoms with E-state index < -0.39 is 19.9 Å². The molecule has 2 unspecified atom stereocenters. The molecule has 1 N–H and O–H groups in total. The van der Waals surface area contributed by atoms with Gasteiger partial charge in [-0.25, -0.2) is 8.42 Å². The SMILES string of the molecule is CCC(NCCC#N)S(=O)(=O)C(C)Cl. The van der Waals surface area contributed by atoms with Crippen molar-refractivity contribution in [1.82, 2.24) is 5.32 Å². The lowest BCUT2D eigenvalue weighted by Gasteiger charge is -2.18. The van der Waals surface area contributed by atoms with Gasteiger partial charge >= 0.3 is 0 Å². The predicted molar refractivity (Wildman–Crippen MR) is 56.5 cm³/mol. The lowest BCUT2D eigenvalue weighted by atomic mass is 10.4. The summed E-state index contributed by atoms with van der Waals surface area (Å²) in [6, 6.07) is 1.94. The minimum atomic E-state index is -3.32. The van der Waals surface area contributed by atoms with Crippen LogP contribution in [0.2, 0.25) is 0 Å². The maximum absolute atomic E-state index is 11.6. The maximum Gasteiger partial charge on any atom is 0.182 e. The molecule has 0 fully saturated rings. The highest BCUT2D eigenvalue weighted by atomic mass is 35.5. The van der Waals surface area contributed by atoms with Crippen LogP contribution in [0.25, 0.3) is 0 Å². The molecular weight excluding hydrogens is 224 g/mol. The number of alkyl halides is 1. The minimum Gasteiger partial charge on any atom is -0.300 e. The molecule has 0 aromatic carbocycles. The predicted octanol–water partition coefficient (Wildman–Crippen LogP) is 1.23. The van der Waals surface area contributed by atoms with Gasteiger partial charge in [0.2, 0.25) is 0 Å². The van der Waals surface area contributed by atoms with Gasteiger partial charge in [-0.15, -0.1) is 11.6 Å². The Labute approximate surface area is 90.2 Å². The summed E-state index contributed by atoms with van der Waals surface area (Å²) in [5.74, 6) is 0. The van der Waals surface area contributed by atoms with E-state index in [2.05, 4.69) is 5.32 Å². The summed E-state index contributed by atoms with van der Waals surface area (Å²) in [4.78, 5) is 0. The van der Waals surface area contributed by atoms with E-state index in [1.807, 2.05) is 6.07 Å². The first-order chi connectivity index (χ1) is 6.46. The topological polar surface area (TPSA) is 70.0 Å². The van der Waals surface area contributed by atoms with Gasteiger partial charge in [-0.05, 0) is 13.3 Å². The number of hydrogen-bond donors (Lipinski definition) is 1. The van der Waals surface area contributed by atoms with E-state index in [4.69, 9.17) is 16.9 Å². The summed E-state index contributed by atoms with van der Waals surface area (Å²) in [5.41, 5.74) is 0. The van der Waals surface area contributed by atoms with Crippen LogP contribution in [0.1, 0.15) is 26.7 Å². The second kappa shape index (κ2) is 6.23. The van der Waals surface area contributed by atoms with Crippen LogP contribution in [0, 0.1) is 11.3 Å². The standard InChI is InChI=1S/C8H15ClN2O2S/c1-3-8(11-6-4-5-10)14(12,13)7(2)9/h7-8,11H,3-4,6H2,1-2H3. The van der Waals surface area contributed by atoms with Gasteiger partial charge in [-0.2, -0.15) is 5.26 Å². The van der Waals surface area contributed by atoms with E-state index >= 15 is 0 Å². The van der Waals surface area contributed by atoms with E-state index in [1.165, 1.54) is 6.92 Å². The van der Waals surface area contributed by atoms with Crippen molar-refractivity contribution in [3.63, 3.8) is 0 Å². The molecule has 0 aliphatic heterocycles. The number of halogens is 1. The number of nitrogens with zero attached hydrogens (tertiary/aromatic N) is 1. The molecule has 0 radical (unpaired) electrons. The van der Waals surface area contributed by atoms with E-state index in [1.54, 1.807) is 6.92 Å². The van der Waals surface area contributed by atoms with Gasteiger partial charge in [0, 0.05) is 13.0 Å². The van der Waals surface area contributed by atoms with Crippen LogP contribution < -0.4 is 5.32 Å². The van der Waals surface area contributed by atoms with Gasteiger partial charge in [0.15, 0.2) is 9.84 Å². The minimum absolute atomic E-state index is 0.294. The number of sulfone groups is 1. The molecule has 0 bridgehead atoms. The third-order valence-electron chi connectivity index (χ3n) is 1.83. The van der Waals surface area contributed by atoms with Crippen LogP contribution in [-0.2, 0) is 9.84 Å². The molecule has 0 aliphatic rings. The first-order valence-corrected chi connectivity index (χ1v) is 6.48. The zero-order chi connectivity index (χ0) is 11.2. The highest BCUT2D eigenvalue weighted by Gasteiger charge is 2.27. The Morgan fingerprint density at radius 2 is 2.14 bits per heavy atom. The molecule has 14 heavy (non-hydrogen) atoms. The first-order valence-electron chi connectivity index (χ1n) is 4.44.